The molecule has 21 heavy (non-hydrogen) atoms. The average molecular weight is 297 g/mol. The van der Waals surface area contributed by atoms with Gasteiger partial charge in [0, 0.05) is 19.6 Å². The number of morpholine rings is 1. The smallest absolute Gasteiger partial charge is 0.320 e. The van der Waals surface area contributed by atoms with E-state index in [-0.39, 0.29) is 31.4 Å². The molecule has 0 saturated carbocycles. The Morgan fingerprint density at radius 3 is 2.81 bits per heavy atom. The highest BCUT2D eigenvalue weighted by molar-refractivity contribution is 5.76. The molecule has 1 rings (SSSR count). The van der Waals surface area contributed by atoms with Crippen LogP contribution in [0.15, 0.2) is 0 Å². The Morgan fingerprint density at radius 1 is 1.52 bits per heavy atom. The van der Waals surface area contributed by atoms with Crippen LogP contribution in [-0.2, 0) is 9.53 Å². The van der Waals surface area contributed by atoms with Crippen LogP contribution in [0.3, 0.4) is 0 Å². The molecule has 0 aliphatic carbocycles. The van der Waals surface area contributed by atoms with E-state index in [1.165, 1.54) is 0 Å². The molecule has 1 atom stereocenters. The minimum absolute atomic E-state index is 0.125. The number of aliphatic carboxylic acids is 1. The van der Waals surface area contributed by atoms with Crippen LogP contribution in [0.25, 0.3) is 0 Å². The van der Waals surface area contributed by atoms with Crippen molar-refractivity contribution >= 4 is 12.0 Å². The van der Waals surface area contributed by atoms with Gasteiger partial charge in [0.25, 0.3) is 0 Å². The Bertz CT molecular complexity index is 406. The minimum Gasteiger partial charge on any atom is -0.481 e. The lowest BCUT2D eigenvalue weighted by Gasteiger charge is -2.38. The van der Waals surface area contributed by atoms with Crippen LogP contribution < -0.4 is 0 Å². The number of carboxylic acids is 1. The van der Waals surface area contributed by atoms with Crippen molar-refractivity contribution in [1.29, 1.82) is 5.26 Å². The summed E-state index contributed by atoms with van der Waals surface area (Å²) < 4.78 is 5.28. The van der Waals surface area contributed by atoms with Gasteiger partial charge < -0.3 is 19.6 Å². The fraction of sp³-hybridized carbons (Fsp3) is 0.786. The van der Waals surface area contributed by atoms with Gasteiger partial charge >= 0.3 is 12.0 Å². The zero-order chi connectivity index (χ0) is 15.8. The summed E-state index contributed by atoms with van der Waals surface area (Å²) in [7, 11) is 0. The van der Waals surface area contributed by atoms with Gasteiger partial charge in [0.2, 0.25) is 0 Å². The van der Waals surface area contributed by atoms with Gasteiger partial charge in [-0.05, 0) is 5.92 Å². The Labute approximate surface area is 125 Å². The number of nitriles is 1. The zero-order valence-electron chi connectivity index (χ0n) is 12.6. The van der Waals surface area contributed by atoms with E-state index in [1.807, 2.05) is 19.9 Å². The monoisotopic (exact) mass is 297 g/mol. The molecule has 0 aromatic heterocycles. The zero-order valence-corrected chi connectivity index (χ0v) is 12.6. The summed E-state index contributed by atoms with van der Waals surface area (Å²) in [6, 6.07) is 1.40. The molecule has 2 amide bonds. The predicted octanol–water partition coefficient (Wildman–Crippen LogP) is 1.15. The van der Waals surface area contributed by atoms with Crippen molar-refractivity contribution < 1.29 is 19.4 Å². The standard InChI is InChI=1S/C14H23N3O4/c1-11(2)9-16(5-3-4-15)14(20)17-6-7-21-10-12(17)8-13(18)19/h11-12H,3,5-10H2,1-2H3,(H,18,19). The van der Waals surface area contributed by atoms with Gasteiger partial charge in [-0.3, -0.25) is 4.79 Å². The van der Waals surface area contributed by atoms with Gasteiger partial charge in [0.15, 0.2) is 0 Å². The van der Waals surface area contributed by atoms with Crippen molar-refractivity contribution in [2.75, 3.05) is 32.8 Å². The maximum Gasteiger partial charge on any atom is 0.320 e. The van der Waals surface area contributed by atoms with Gasteiger partial charge in [0.1, 0.15) is 0 Å². The summed E-state index contributed by atoms with van der Waals surface area (Å²) in [5, 5.41) is 17.7. The molecule has 0 radical (unpaired) electrons. The van der Waals surface area contributed by atoms with Crippen LogP contribution in [0.4, 0.5) is 4.79 Å². The van der Waals surface area contributed by atoms with Crippen LogP contribution in [0.5, 0.6) is 0 Å². The van der Waals surface area contributed by atoms with E-state index in [1.54, 1.807) is 9.80 Å². The third-order valence-corrected chi connectivity index (χ3v) is 3.23. The number of carboxylic acid groups (broad SMARTS) is 1. The first-order chi connectivity index (χ1) is 9.95. The Morgan fingerprint density at radius 2 is 2.24 bits per heavy atom. The number of nitrogens with zero attached hydrogens (tertiary/aromatic N) is 3. The molecule has 1 aliphatic rings. The number of urea groups is 1. The molecule has 1 N–H and O–H groups in total. The summed E-state index contributed by atoms with van der Waals surface area (Å²) in [5.74, 6) is -0.664. The highest BCUT2D eigenvalue weighted by atomic mass is 16.5. The fourth-order valence-electron chi connectivity index (χ4n) is 2.35. The number of carbonyl (C=O) groups excluding carboxylic acids is 1. The van der Waals surface area contributed by atoms with Crippen molar-refractivity contribution in [2.45, 2.75) is 32.7 Å². The maximum absolute atomic E-state index is 12.6. The SMILES string of the molecule is CC(C)CN(CCC#N)C(=O)N1CCOCC1CC(=O)O. The van der Waals surface area contributed by atoms with E-state index in [4.69, 9.17) is 15.1 Å². The number of hydrogen-bond acceptors (Lipinski definition) is 4. The van der Waals surface area contributed by atoms with E-state index in [0.717, 1.165) is 0 Å². The molecule has 1 unspecified atom stereocenters. The van der Waals surface area contributed by atoms with Gasteiger partial charge in [-0.15, -0.1) is 0 Å². The summed E-state index contributed by atoms with van der Waals surface area (Å²) in [5.41, 5.74) is 0. The summed E-state index contributed by atoms with van der Waals surface area (Å²) >= 11 is 0. The molecule has 0 aromatic rings. The lowest BCUT2D eigenvalue weighted by atomic mass is 10.1. The van der Waals surface area contributed by atoms with Crippen LogP contribution in [0.2, 0.25) is 0 Å². The molecule has 7 heteroatoms. The number of rotatable bonds is 6. The first-order valence-electron chi connectivity index (χ1n) is 7.17. The first kappa shape index (κ1) is 17.2. The quantitative estimate of drug-likeness (QED) is 0.793. The molecule has 118 valence electrons. The van der Waals surface area contributed by atoms with Crippen molar-refractivity contribution in [3.8, 4) is 6.07 Å². The molecule has 1 aliphatic heterocycles. The van der Waals surface area contributed by atoms with E-state index in [2.05, 4.69) is 0 Å². The summed E-state index contributed by atoms with van der Waals surface area (Å²) in [6.07, 6.45) is 0.145. The van der Waals surface area contributed by atoms with E-state index < -0.39 is 12.0 Å². The van der Waals surface area contributed by atoms with Crippen LogP contribution >= 0.6 is 0 Å². The van der Waals surface area contributed by atoms with E-state index >= 15 is 0 Å². The van der Waals surface area contributed by atoms with Crippen molar-refractivity contribution in [2.24, 2.45) is 5.92 Å². The van der Waals surface area contributed by atoms with Crippen molar-refractivity contribution in [3.63, 3.8) is 0 Å². The van der Waals surface area contributed by atoms with Crippen LogP contribution in [0, 0.1) is 17.2 Å². The second-order valence-corrected chi connectivity index (χ2v) is 5.55. The largest absolute Gasteiger partial charge is 0.481 e. The summed E-state index contributed by atoms with van der Waals surface area (Å²) in [4.78, 5) is 26.7. The second-order valence-electron chi connectivity index (χ2n) is 5.55. The lowest BCUT2D eigenvalue weighted by Crippen LogP contribution is -2.55. The van der Waals surface area contributed by atoms with E-state index in [9.17, 15) is 9.59 Å². The molecule has 7 nitrogen and oxygen atoms in total. The van der Waals surface area contributed by atoms with Gasteiger partial charge in [-0.2, -0.15) is 5.26 Å². The van der Waals surface area contributed by atoms with Gasteiger partial charge in [-0.25, -0.2) is 4.79 Å². The van der Waals surface area contributed by atoms with Gasteiger partial charge in [-0.1, -0.05) is 13.8 Å². The Balaban J connectivity index is 2.77. The summed E-state index contributed by atoms with van der Waals surface area (Å²) in [6.45, 7) is 5.96. The highest BCUT2D eigenvalue weighted by Gasteiger charge is 2.32. The van der Waals surface area contributed by atoms with Crippen molar-refractivity contribution in [3.05, 3.63) is 0 Å². The topological polar surface area (TPSA) is 93.9 Å². The maximum atomic E-state index is 12.6. The first-order valence-corrected chi connectivity index (χ1v) is 7.17. The molecule has 0 spiro atoms. The average Bonchev–Trinajstić information content (AvgIpc) is 2.42. The number of ether oxygens (including phenoxy) is 1. The third kappa shape index (κ3) is 5.60. The second kappa shape index (κ2) is 8.47. The molecule has 1 fully saturated rings. The number of carbonyl (C=O) groups is 2. The normalized spacial score (nSPS) is 18.4. The molecule has 1 heterocycles. The molecular formula is C14H23N3O4. The predicted molar refractivity (Wildman–Crippen MR) is 75.6 cm³/mol. The minimum atomic E-state index is -0.948. The molecule has 1 saturated heterocycles. The lowest BCUT2D eigenvalue weighted by molar-refractivity contribution is -0.139. The van der Waals surface area contributed by atoms with Crippen LogP contribution in [0.1, 0.15) is 26.7 Å². The number of amides is 2. The Kier molecular flexibility index (Phi) is 6.96. The highest BCUT2D eigenvalue weighted by Crippen LogP contribution is 2.15. The Hall–Kier alpha value is -1.81. The third-order valence-electron chi connectivity index (χ3n) is 3.23. The van der Waals surface area contributed by atoms with Crippen molar-refractivity contribution in [1.82, 2.24) is 9.80 Å². The van der Waals surface area contributed by atoms with E-state index in [0.29, 0.717) is 26.2 Å². The molecular weight excluding hydrogens is 274 g/mol. The van der Waals surface area contributed by atoms with Gasteiger partial charge in [0.05, 0.1) is 38.2 Å². The molecule has 0 bridgehead atoms. The van der Waals surface area contributed by atoms with Crippen LogP contribution in [-0.4, -0.2) is 65.8 Å². The fourth-order valence-corrected chi connectivity index (χ4v) is 2.35. The molecule has 0 aromatic carbocycles. The number of hydrogen-bond donors (Lipinski definition) is 1.